The van der Waals surface area contributed by atoms with Gasteiger partial charge in [-0.1, -0.05) is 0 Å². The maximum atomic E-state index is 11.9. The lowest BCUT2D eigenvalue weighted by molar-refractivity contribution is -0.119. The van der Waals surface area contributed by atoms with Crippen molar-refractivity contribution in [2.75, 3.05) is 5.73 Å². The molecule has 1 aromatic heterocycles. The number of hydrogen-bond acceptors (Lipinski definition) is 4. The van der Waals surface area contributed by atoms with E-state index in [1.54, 1.807) is 20.8 Å². The molecule has 7 nitrogen and oxygen atoms in total. The Kier molecular flexibility index (Phi) is 3.40. The van der Waals surface area contributed by atoms with Gasteiger partial charge in [0.1, 0.15) is 0 Å². The Balaban J connectivity index is 2.79. The van der Waals surface area contributed by atoms with Crippen LogP contribution in [0.2, 0.25) is 0 Å². The fraction of sp³-hybridized carbons (Fsp3) is 0.500. The van der Waals surface area contributed by atoms with E-state index < -0.39 is 17.4 Å². The van der Waals surface area contributed by atoms with Crippen LogP contribution in [0.15, 0.2) is 0 Å². The van der Waals surface area contributed by atoms with E-state index in [4.69, 9.17) is 11.5 Å². The Hall–Kier alpha value is -2.05. The van der Waals surface area contributed by atoms with Crippen molar-refractivity contribution in [3.8, 4) is 0 Å². The number of aryl methyl sites for hydroxylation is 1. The van der Waals surface area contributed by atoms with Gasteiger partial charge in [-0.15, -0.1) is 0 Å². The number of rotatable bonds is 4. The average Bonchev–Trinajstić information content (AvgIpc) is 2.44. The van der Waals surface area contributed by atoms with Crippen molar-refractivity contribution in [2.45, 2.75) is 32.7 Å². The minimum absolute atomic E-state index is 0.0437. The molecule has 2 amide bonds. The van der Waals surface area contributed by atoms with E-state index in [2.05, 4.69) is 15.5 Å². The van der Waals surface area contributed by atoms with Crippen molar-refractivity contribution in [3.63, 3.8) is 0 Å². The minimum Gasteiger partial charge on any atom is -0.395 e. The number of carbonyl (C=O) groups excluding carboxylic acids is 2. The van der Waals surface area contributed by atoms with Gasteiger partial charge in [0, 0.05) is 12.0 Å². The Morgan fingerprint density at radius 1 is 1.47 bits per heavy atom. The lowest BCUT2D eigenvalue weighted by Gasteiger charge is -2.24. The molecule has 17 heavy (non-hydrogen) atoms. The number of nitrogen functional groups attached to an aromatic ring is 1. The summed E-state index contributed by atoms with van der Waals surface area (Å²) in [5, 5.41) is 9.07. The fourth-order valence-corrected chi connectivity index (χ4v) is 1.46. The number of H-pyrrole nitrogens is 1. The highest BCUT2D eigenvalue weighted by Gasteiger charge is 2.25. The van der Waals surface area contributed by atoms with Crippen LogP contribution in [-0.4, -0.2) is 27.6 Å². The monoisotopic (exact) mass is 239 g/mol. The van der Waals surface area contributed by atoms with Crippen LogP contribution < -0.4 is 16.8 Å². The van der Waals surface area contributed by atoms with Gasteiger partial charge in [0.05, 0.1) is 11.4 Å². The summed E-state index contributed by atoms with van der Waals surface area (Å²) in [5.41, 5.74) is 11.1. The molecule has 0 saturated carbocycles. The zero-order chi connectivity index (χ0) is 13.2. The van der Waals surface area contributed by atoms with Crippen LogP contribution in [0.4, 0.5) is 5.69 Å². The Morgan fingerprint density at radius 3 is 2.47 bits per heavy atom. The third-order valence-corrected chi connectivity index (χ3v) is 2.28. The summed E-state index contributed by atoms with van der Waals surface area (Å²) in [6, 6.07) is 0. The molecule has 0 aliphatic carbocycles. The molecule has 1 aromatic rings. The summed E-state index contributed by atoms with van der Waals surface area (Å²) < 4.78 is 0. The molecule has 0 radical (unpaired) electrons. The fourth-order valence-electron chi connectivity index (χ4n) is 1.46. The van der Waals surface area contributed by atoms with E-state index in [-0.39, 0.29) is 12.1 Å². The molecule has 0 spiro atoms. The smallest absolute Gasteiger partial charge is 0.274 e. The van der Waals surface area contributed by atoms with Gasteiger partial charge in [-0.3, -0.25) is 14.7 Å². The molecular weight excluding hydrogens is 222 g/mol. The van der Waals surface area contributed by atoms with Crippen molar-refractivity contribution in [2.24, 2.45) is 5.73 Å². The number of primary amides is 1. The van der Waals surface area contributed by atoms with Crippen molar-refractivity contribution in [3.05, 3.63) is 11.4 Å². The highest BCUT2D eigenvalue weighted by atomic mass is 16.2. The van der Waals surface area contributed by atoms with Crippen molar-refractivity contribution < 1.29 is 9.59 Å². The molecule has 0 atom stereocenters. The first-order chi connectivity index (χ1) is 7.73. The van der Waals surface area contributed by atoms with Crippen molar-refractivity contribution in [1.29, 1.82) is 0 Å². The van der Waals surface area contributed by atoms with Crippen LogP contribution in [0.25, 0.3) is 0 Å². The first kappa shape index (κ1) is 13.0. The normalized spacial score (nSPS) is 11.2. The summed E-state index contributed by atoms with van der Waals surface area (Å²) in [6.45, 7) is 5.12. The van der Waals surface area contributed by atoms with E-state index in [1.165, 1.54) is 0 Å². The maximum Gasteiger partial charge on any atom is 0.274 e. The number of aromatic amines is 1. The van der Waals surface area contributed by atoms with Gasteiger partial charge in [0.15, 0.2) is 5.69 Å². The topological polar surface area (TPSA) is 127 Å². The Labute approximate surface area is 98.9 Å². The minimum atomic E-state index is -0.734. The summed E-state index contributed by atoms with van der Waals surface area (Å²) in [6.07, 6.45) is 0.0437. The lowest BCUT2D eigenvalue weighted by atomic mass is 10.00. The molecule has 0 bridgehead atoms. The summed E-state index contributed by atoms with van der Waals surface area (Å²) in [4.78, 5) is 22.7. The number of aromatic nitrogens is 2. The zero-order valence-corrected chi connectivity index (χ0v) is 10.1. The molecule has 6 N–H and O–H groups in total. The van der Waals surface area contributed by atoms with Gasteiger partial charge in [0.2, 0.25) is 5.91 Å². The van der Waals surface area contributed by atoms with Crippen LogP contribution in [0, 0.1) is 6.92 Å². The van der Waals surface area contributed by atoms with Crippen LogP contribution in [0.1, 0.15) is 36.5 Å². The molecule has 0 aromatic carbocycles. The second kappa shape index (κ2) is 4.44. The number of amides is 2. The van der Waals surface area contributed by atoms with E-state index in [0.29, 0.717) is 11.4 Å². The number of nitrogens with one attached hydrogen (secondary N) is 2. The number of carbonyl (C=O) groups is 2. The Bertz CT molecular complexity index is 450. The van der Waals surface area contributed by atoms with E-state index >= 15 is 0 Å². The Morgan fingerprint density at radius 2 is 2.06 bits per heavy atom. The molecule has 0 saturated heterocycles. The molecule has 1 rings (SSSR count). The number of hydrogen-bond donors (Lipinski definition) is 4. The highest BCUT2D eigenvalue weighted by molar-refractivity contribution is 5.98. The molecular formula is C10H17N5O2. The molecule has 0 unspecified atom stereocenters. The molecule has 1 heterocycles. The van der Waals surface area contributed by atoms with Gasteiger partial charge in [-0.05, 0) is 20.8 Å². The average molecular weight is 239 g/mol. The molecule has 0 fully saturated rings. The third-order valence-electron chi connectivity index (χ3n) is 2.28. The first-order valence-corrected chi connectivity index (χ1v) is 5.14. The molecule has 94 valence electrons. The number of nitrogens with two attached hydrogens (primary N) is 2. The van der Waals surface area contributed by atoms with E-state index in [0.717, 1.165) is 0 Å². The lowest BCUT2D eigenvalue weighted by Crippen LogP contribution is -2.46. The van der Waals surface area contributed by atoms with Crippen molar-refractivity contribution in [1.82, 2.24) is 15.5 Å². The first-order valence-electron chi connectivity index (χ1n) is 5.14. The predicted molar refractivity (Wildman–Crippen MR) is 63.1 cm³/mol. The second-order valence-corrected chi connectivity index (χ2v) is 4.59. The summed E-state index contributed by atoms with van der Waals surface area (Å²) >= 11 is 0. The van der Waals surface area contributed by atoms with Crippen LogP contribution in [0.3, 0.4) is 0 Å². The van der Waals surface area contributed by atoms with Crippen LogP contribution >= 0.6 is 0 Å². The third kappa shape index (κ3) is 3.20. The zero-order valence-electron chi connectivity index (χ0n) is 10.1. The summed E-state index contributed by atoms with van der Waals surface area (Å²) in [7, 11) is 0. The number of nitrogens with zero attached hydrogens (tertiary/aromatic N) is 1. The van der Waals surface area contributed by atoms with Gasteiger partial charge in [-0.2, -0.15) is 5.10 Å². The molecule has 7 heteroatoms. The number of anilines is 1. The van der Waals surface area contributed by atoms with E-state index in [9.17, 15) is 9.59 Å². The standard InChI is InChI=1S/C10H17N5O2/c1-5-7(12)8(15-14-5)9(17)13-10(2,3)4-6(11)16/h4,12H2,1-3H3,(H2,11,16)(H,13,17)(H,14,15). The maximum absolute atomic E-state index is 11.9. The second-order valence-electron chi connectivity index (χ2n) is 4.59. The quantitative estimate of drug-likeness (QED) is 0.574. The van der Waals surface area contributed by atoms with Gasteiger partial charge >= 0.3 is 0 Å². The van der Waals surface area contributed by atoms with Gasteiger partial charge < -0.3 is 16.8 Å². The molecule has 0 aliphatic heterocycles. The predicted octanol–water partition coefficient (Wildman–Crippen LogP) is -0.316. The largest absolute Gasteiger partial charge is 0.395 e. The SMILES string of the molecule is Cc1[nH]nc(C(=O)NC(C)(C)CC(N)=O)c1N. The van der Waals surface area contributed by atoms with Crippen LogP contribution in [-0.2, 0) is 4.79 Å². The van der Waals surface area contributed by atoms with Crippen LogP contribution in [0.5, 0.6) is 0 Å². The van der Waals surface area contributed by atoms with E-state index in [1.807, 2.05) is 0 Å². The van der Waals surface area contributed by atoms with Gasteiger partial charge in [-0.25, -0.2) is 0 Å². The molecule has 0 aliphatic rings. The summed E-state index contributed by atoms with van der Waals surface area (Å²) in [5.74, 6) is -0.917. The van der Waals surface area contributed by atoms with Crippen molar-refractivity contribution >= 4 is 17.5 Å². The van der Waals surface area contributed by atoms with Gasteiger partial charge in [0.25, 0.3) is 5.91 Å². The highest BCUT2D eigenvalue weighted by Crippen LogP contribution is 2.15.